The van der Waals surface area contributed by atoms with Gasteiger partial charge in [-0.25, -0.2) is 4.79 Å². The van der Waals surface area contributed by atoms with Crippen molar-refractivity contribution in [2.45, 2.75) is 6.42 Å². The maximum atomic E-state index is 12.2. The highest BCUT2D eigenvalue weighted by Crippen LogP contribution is 2.29. The molecule has 0 spiro atoms. The summed E-state index contributed by atoms with van der Waals surface area (Å²) in [6.45, 7) is 0.484. The van der Waals surface area contributed by atoms with Crippen molar-refractivity contribution < 1.29 is 18.6 Å². The van der Waals surface area contributed by atoms with Crippen LogP contribution in [0.5, 0.6) is 23.3 Å². The number of aromatic nitrogens is 3. The number of fused-ring (bicyclic) bond motifs is 1. The predicted molar refractivity (Wildman–Crippen MR) is 168 cm³/mol. The van der Waals surface area contributed by atoms with Gasteiger partial charge in [-0.1, -0.05) is 34.1 Å². The molecule has 214 valence electrons. The molecule has 3 aromatic carbocycles. The van der Waals surface area contributed by atoms with Crippen molar-refractivity contribution in [1.82, 2.24) is 15.0 Å². The van der Waals surface area contributed by atoms with Gasteiger partial charge in [0.15, 0.2) is 16.6 Å². The summed E-state index contributed by atoms with van der Waals surface area (Å²) in [6, 6.07) is 21.4. The molecule has 0 aliphatic rings. The van der Waals surface area contributed by atoms with Gasteiger partial charge in [-0.2, -0.15) is 15.0 Å². The highest BCUT2D eigenvalue weighted by molar-refractivity contribution is 9.10. The molecular weight excluding hydrogens is 624 g/mol. The van der Waals surface area contributed by atoms with Gasteiger partial charge in [0, 0.05) is 16.7 Å². The number of rotatable bonds is 10. The van der Waals surface area contributed by atoms with E-state index in [0.29, 0.717) is 35.4 Å². The molecule has 0 atom stereocenters. The van der Waals surface area contributed by atoms with Crippen LogP contribution in [0.15, 0.2) is 86.5 Å². The monoisotopic (exact) mass is 648 g/mol. The third-order valence-electron chi connectivity index (χ3n) is 5.90. The first-order valence-corrected chi connectivity index (χ1v) is 13.9. The van der Waals surface area contributed by atoms with Gasteiger partial charge < -0.3 is 34.6 Å². The molecule has 42 heavy (non-hydrogen) atoms. The predicted octanol–water partition coefficient (Wildman–Crippen LogP) is 6.01. The lowest BCUT2D eigenvalue weighted by molar-refractivity contribution is 0.354. The van der Waals surface area contributed by atoms with Gasteiger partial charge in [0.25, 0.3) is 0 Å². The van der Waals surface area contributed by atoms with Crippen LogP contribution in [0.1, 0.15) is 5.56 Å². The van der Waals surface area contributed by atoms with Crippen LogP contribution < -0.4 is 35.8 Å². The number of halogens is 1. The summed E-state index contributed by atoms with van der Waals surface area (Å²) in [7, 11) is 3.19. The van der Waals surface area contributed by atoms with E-state index in [9.17, 15) is 4.79 Å². The lowest BCUT2D eigenvalue weighted by atomic mass is 10.1. The zero-order valence-electron chi connectivity index (χ0n) is 22.5. The number of anilines is 3. The van der Waals surface area contributed by atoms with Gasteiger partial charge in [0.1, 0.15) is 11.3 Å². The minimum Gasteiger partial charge on any atom is -0.493 e. The van der Waals surface area contributed by atoms with Gasteiger partial charge in [-0.15, -0.1) is 0 Å². The van der Waals surface area contributed by atoms with E-state index in [4.69, 9.17) is 30.8 Å². The summed E-state index contributed by atoms with van der Waals surface area (Å²) < 4.78 is 22.9. The lowest BCUT2D eigenvalue weighted by Gasteiger charge is -2.13. The number of nitrogens with one attached hydrogen (secondary N) is 3. The molecule has 2 heterocycles. The smallest absolute Gasteiger partial charge is 0.339 e. The van der Waals surface area contributed by atoms with E-state index < -0.39 is 5.63 Å². The van der Waals surface area contributed by atoms with Gasteiger partial charge in [0.05, 0.1) is 25.7 Å². The maximum absolute atomic E-state index is 12.2. The van der Waals surface area contributed by atoms with Crippen molar-refractivity contribution in [3.05, 3.63) is 93.3 Å². The van der Waals surface area contributed by atoms with Crippen LogP contribution in [-0.2, 0) is 6.42 Å². The Kier molecular flexibility index (Phi) is 9.09. The van der Waals surface area contributed by atoms with E-state index in [-0.39, 0.29) is 28.8 Å². The van der Waals surface area contributed by atoms with Crippen LogP contribution in [0.25, 0.3) is 11.0 Å². The van der Waals surface area contributed by atoms with Crippen LogP contribution in [-0.4, -0.2) is 40.8 Å². The van der Waals surface area contributed by atoms with E-state index in [2.05, 4.69) is 46.8 Å². The molecule has 11 nitrogen and oxygen atoms in total. The van der Waals surface area contributed by atoms with E-state index in [1.807, 2.05) is 48.5 Å². The molecule has 0 amide bonds. The Bertz CT molecular complexity index is 1780. The molecule has 5 rings (SSSR count). The van der Waals surface area contributed by atoms with Crippen molar-refractivity contribution in [3.8, 4) is 23.3 Å². The Morgan fingerprint density at radius 2 is 1.64 bits per heavy atom. The molecule has 3 N–H and O–H groups in total. The number of para-hydroxylation sites is 1. The minimum absolute atomic E-state index is 0.0525. The number of ether oxygens (including phenoxy) is 3. The largest absolute Gasteiger partial charge is 0.493 e. The highest BCUT2D eigenvalue weighted by Gasteiger charge is 2.14. The van der Waals surface area contributed by atoms with Crippen molar-refractivity contribution in [2.75, 3.05) is 36.7 Å². The fourth-order valence-electron chi connectivity index (χ4n) is 3.95. The number of nitrogens with zero attached hydrogens (tertiary/aromatic N) is 3. The van der Waals surface area contributed by atoms with Crippen molar-refractivity contribution in [2.24, 2.45) is 0 Å². The summed E-state index contributed by atoms with van der Waals surface area (Å²) in [5.74, 6) is 1.91. The first kappa shape index (κ1) is 28.8. The fourth-order valence-corrected chi connectivity index (χ4v) is 4.43. The van der Waals surface area contributed by atoms with Crippen LogP contribution in [0.3, 0.4) is 0 Å². The molecule has 0 saturated heterocycles. The van der Waals surface area contributed by atoms with E-state index in [1.165, 1.54) is 6.07 Å². The minimum atomic E-state index is -0.566. The number of hydrogen-bond donors (Lipinski definition) is 3. The third-order valence-corrected chi connectivity index (χ3v) is 6.63. The van der Waals surface area contributed by atoms with Gasteiger partial charge in [-0.3, -0.25) is 0 Å². The second-order valence-electron chi connectivity index (χ2n) is 8.75. The van der Waals surface area contributed by atoms with Gasteiger partial charge >= 0.3 is 11.6 Å². The summed E-state index contributed by atoms with van der Waals surface area (Å²) in [5.41, 5.74) is 1.60. The molecule has 0 fully saturated rings. The molecule has 0 saturated carbocycles. The molecule has 0 aliphatic heterocycles. The molecule has 0 bridgehead atoms. The summed E-state index contributed by atoms with van der Waals surface area (Å²) >= 11 is 8.89. The fraction of sp³-hybridized carbons (Fsp3) is 0.138. The molecular formula is C29H25BrN6O5S. The Labute approximate surface area is 254 Å². The molecule has 0 unspecified atom stereocenters. The second kappa shape index (κ2) is 13.3. The van der Waals surface area contributed by atoms with E-state index in [1.54, 1.807) is 32.4 Å². The number of hydrogen-bond acceptors (Lipinski definition) is 10. The van der Waals surface area contributed by atoms with Crippen LogP contribution >= 0.6 is 28.1 Å². The van der Waals surface area contributed by atoms with Crippen molar-refractivity contribution >= 4 is 61.8 Å². The number of benzene rings is 3. The van der Waals surface area contributed by atoms with Crippen LogP contribution in [0.2, 0.25) is 0 Å². The molecule has 13 heteroatoms. The Morgan fingerprint density at radius 3 is 2.43 bits per heavy atom. The first-order chi connectivity index (χ1) is 20.4. The first-order valence-electron chi connectivity index (χ1n) is 12.7. The zero-order chi connectivity index (χ0) is 29.5. The Morgan fingerprint density at radius 1 is 0.881 bits per heavy atom. The highest BCUT2D eigenvalue weighted by atomic mass is 79.9. The Balaban J connectivity index is 1.38. The third kappa shape index (κ3) is 7.30. The second-order valence-corrected chi connectivity index (χ2v) is 10.1. The van der Waals surface area contributed by atoms with Crippen LogP contribution in [0.4, 0.5) is 17.6 Å². The van der Waals surface area contributed by atoms with Crippen LogP contribution in [0, 0.1) is 0 Å². The summed E-state index contributed by atoms with van der Waals surface area (Å²) in [4.78, 5) is 25.4. The zero-order valence-corrected chi connectivity index (χ0v) is 24.9. The maximum Gasteiger partial charge on any atom is 0.339 e. The molecule has 0 aliphatic carbocycles. The van der Waals surface area contributed by atoms with Crippen molar-refractivity contribution in [1.29, 1.82) is 0 Å². The average Bonchev–Trinajstić information content (AvgIpc) is 2.98. The number of methoxy groups -OCH3 is 2. The quantitative estimate of drug-likeness (QED) is 0.121. The number of thiocarbonyl (C=S) groups is 1. The van der Waals surface area contributed by atoms with E-state index >= 15 is 0 Å². The summed E-state index contributed by atoms with van der Waals surface area (Å²) in [5, 5.41) is 10.1. The normalized spacial score (nSPS) is 10.6. The lowest BCUT2D eigenvalue weighted by Crippen LogP contribution is -2.21. The van der Waals surface area contributed by atoms with Crippen molar-refractivity contribution in [3.63, 3.8) is 0 Å². The average molecular weight is 650 g/mol. The Hall–Kier alpha value is -4.75. The van der Waals surface area contributed by atoms with Gasteiger partial charge in [0.2, 0.25) is 11.9 Å². The van der Waals surface area contributed by atoms with Gasteiger partial charge in [-0.05, 0) is 72.7 Å². The molecule has 5 aromatic rings. The standard InChI is InChI=1S/C29H25BrN6O5S/c1-38-22-12-7-17(15-24(22)39-2)13-14-31-26-33-27(36-29(42)32-19-10-8-18(30)9-11-19)35-28(34-26)41-23-16-25(37)40-21-6-4-3-5-20(21)23/h3-12,15-16H,13-14H2,1-2H3,(H3,31,32,33,34,35,36,42). The molecule has 2 aromatic heterocycles. The topological polar surface area (TPSA) is 133 Å². The van der Waals surface area contributed by atoms with E-state index in [0.717, 1.165) is 15.7 Å². The summed E-state index contributed by atoms with van der Waals surface area (Å²) in [6.07, 6.45) is 0.638. The SMILES string of the molecule is COc1ccc(CCNc2nc(NC(=S)Nc3ccc(Br)cc3)nc(Oc3cc(=O)oc4ccccc34)n2)cc1OC. The molecule has 0 radical (unpaired) electrons.